The maximum atomic E-state index is 12.4. The number of sulfonamides is 1. The number of nitrogens with one attached hydrogen (secondary N) is 1. The highest BCUT2D eigenvalue weighted by Gasteiger charge is 2.34. The molecule has 0 bridgehead atoms. The molecule has 1 aliphatic rings. The van der Waals surface area contributed by atoms with Crippen molar-refractivity contribution in [2.24, 2.45) is 0 Å². The zero-order valence-corrected chi connectivity index (χ0v) is 16.1. The smallest absolute Gasteiger partial charge is 0.230 e. The molecule has 1 N–H and O–H groups in total. The summed E-state index contributed by atoms with van der Waals surface area (Å²) in [5, 5.41) is -0.443. The Kier molecular flexibility index (Phi) is 5.64. The molecule has 1 fully saturated rings. The second-order valence-electron chi connectivity index (χ2n) is 7.02. The molecular formula is C15H28N6O2S. The zero-order chi connectivity index (χ0) is 18.1. The summed E-state index contributed by atoms with van der Waals surface area (Å²) in [4.78, 5) is 17.3. The fraction of sp³-hybridized carbons (Fsp3) is 0.800. The molecule has 1 aromatic rings. The van der Waals surface area contributed by atoms with E-state index in [0.717, 1.165) is 5.82 Å². The molecule has 1 saturated heterocycles. The van der Waals surface area contributed by atoms with Gasteiger partial charge in [-0.05, 0) is 20.3 Å². The molecule has 2 rings (SSSR count). The van der Waals surface area contributed by atoms with E-state index in [1.165, 1.54) is 0 Å². The summed E-state index contributed by atoms with van der Waals surface area (Å²) in [5.74, 6) is 2.04. The molecule has 24 heavy (non-hydrogen) atoms. The van der Waals surface area contributed by atoms with Crippen molar-refractivity contribution in [2.75, 3.05) is 37.0 Å². The summed E-state index contributed by atoms with van der Waals surface area (Å²) in [7, 11) is 0.438. The van der Waals surface area contributed by atoms with Crippen molar-refractivity contribution in [1.29, 1.82) is 0 Å². The summed E-state index contributed by atoms with van der Waals surface area (Å²) in [6.07, 6.45) is 0.571. The van der Waals surface area contributed by atoms with Gasteiger partial charge < -0.3 is 9.80 Å². The number of nitrogens with zero attached hydrogens (tertiary/aromatic N) is 5. The van der Waals surface area contributed by atoms with Crippen LogP contribution in [0.25, 0.3) is 0 Å². The average molecular weight is 356 g/mol. The molecule has 2 heterocycles. The SMILES string of the molecule is CC(C)NS(=O)(=O)C1CCN(c2nc(C(C)C)nc(N(C)C)n2)C1. The van der Waals surface area contributed by atoms with E-state index in [2.05, 4.69) is 19.7 Å². The van der Waals surface area contributed by atoms with E-state index in [1.54, 1.807) is 0 Å². The lowest BCUT2D eigenvalue weighted by molar-refractivity contribution is 0.557. The number of hydrogen-bond donors (Lipinski definition) is 1. The lowest BCUT2D eigenvalue weighted by atomic mass is 10.2. The van der Waals surface area contributed by atoms with Crippen molar-refractivity contribution in [3.63, 3.8) is 0 Å². The van der Waals surface area contributed by atoms with Gasteiger partial charge in [0.15, 0.2) is 0 Å². The van der Waals surface area contributed by atoms with Gasteiger partial charge in [-0.25, -0.2) is 13.1 Å². The minimum Gasteiger partial charge on any atom is -0.347 e. The Morgan fingerprint density at radius 2 is 1.83 bits per heavy atom. The van der Waals surface area contributed by atoms with Crippen LogP contribution in [-0.4, -0.2) is 61.8 Å². The molecule has 1 aromatic heterocycles. The van der Waals surface area contributed by atoms with E-state index in [-0.39, 0.29) is 12.0 Å². The lowest BCUT2D eigenvalue weighted by Crippen LogP contribution is -2.40. The van der Waals surface area contributed by atoms with Gasteiger partial charge in [0, 0.05) is 39.1 Å². The number of hydrogen-bond acceptors (Lipinski definition) is 7. The maximum absolute atomic E-state index is 12.4. The largest absolute Gasteiger partial charge is 0.347 e. The summed E-state index contributed by atoms with van der Waals surface area (Å²) >= 11 is 0. The molecule has 1 unspecified atom stereocenters. The highest BCUT2D eigenvalue weighted by Crippen LogP contribution is 2.23. The first-order valence-electron chi connectivity index (χ1n) is 8.29. The van der Waals surface area contributed by atoms with Crippen LogP contribution in [0.2, 0.25) is 0 Å². The Balaban J connectivity index is 2.24. The van der Waals surface area contributed by atoms with Crippen LogP contribution >= 0.6 is 0 Å². The normalized spacial score (nSPS) is 18.7. The van der Waals surface area contributed by atoms with Crippen molar-refractivity contribution < 1.29 is 8.42 Å². The molecule has 1 atom stereocenters. The minimum atomic E-state index is -3.33. The molecule has 9 heteroatoms. The third-order valence-electron chi connectivity index (χ3n) is 3.81. The van der Waals surface area contributed by atoms with E-state index in [4.69, 9.17) is 0 Å². The Labute approximate surface area is 144 Å². The van der Waals surface area contributed by atoms with Crippen LogP contribution in [0.1, 0.15) is 45.9 Å². The molecule has 8 nitrogen and oxygen atoms in total. The summed E-state index contributed by atoms with van der Waals surface area (Å²) < 4.78 is 27.4. The maximum Gasteiger partial charge on any atom is 0.230 e. The van der Waals surface area contributed by atoms with Gasteiger partial charge in [-0.15, -0.1) is 0 Å². The monoisotopic (exact) mass is 356 g/mol. The van der Waals surface area contributed by atoms with Crippen molar-refractivity contribution in [1.82, 2.24) is 19.7 Å². The van der Waals surface area contributed by atoms with Crippen LogP contribution in [0, 0.1) is 0 Å². The second-order valence-corrected chi connectivity index (χ2v) is 9.01. The Bertz CT molecular complexity index is 648. The topological polar surface area (TPSA) is 91.3 Å². The number of anilines is 2. The first-order valence-corrected chi connectivity index (χ1v) is 9.84. The van der Waals surface area contributed by atoms with Crippen LogP contribution in [-0.2, 0) is 10.0 Å². The first-order chi connectivity index (χ1) is 11.1. The lowest BCUT2D eigenvalue weighted by Gasteiger charge is -2.20. The molecule has 0 spiro atoms. The molecule has 0 aromatic carbocycles. The Morgan fingerprint density at radius 1 is 1.17 bits per heavy atom. The standard InChI is InChI=1S/C15H28N6O2S/c1-10(2)13-16-14(20(5)6)18-15(17-13)21-8-7-12(9-21)24(22,23)19-11(3)4/h10-12,19H,7-9H2,1-6H3. The van der Waals surface area contributed by atoms with E-state index in [0.29, 0.717) is 31.4 Å². The molecule has 1 aliphatic heterocycles. The van der Waals surface area contributed by atoms with Gasteiger partial charge >= 0.3 is 0 Å². The Hall–Kier alpha value is -1.48. The van der Waals surface area contributed by atoms with Gasteiger partial charge in [0.05, 0.1) is 5.25 Å². The quantitative estimate of drug-likeness (QED) is 0.812. The number of rotatable bonds is 6. The fourth-order valence-corrected chi connectivity index (χ4v) is 4.20. The molecular weight excluding hydrogens is 328 g/mol. The van der Waals surface area contributed by atoms with Crippen LogP contribution in [0.4, 0.5) is 11.9 Å². The van der Waals surface area contributed by atoms with E-state index >= 15 is 0 Å². The first kappa shape index (κ1) is 18.9. The summed E-state index contributed by atoms with van der Waals surface area (Å²) in [6, 6.07) is -0.103. The molecule has 0 aliphatic carbocycles. The minimum absolute atomic E-state index is 0.103. The van der Waals surface area contributed by atoms with Gasteiger partial charge in [0.2, 0.25) is 21.9 Å². The van der Waals surface area contributed by atoms with Gasteiger partial charge in [-0.2, -0.15) is 15.0 Å². The predicted molar refractivity (Wildman–Crippen MR) is 96.1 cm³/mol. The van der Waals surface area contributed by atoms with Crippen LogP contribution in [0.5, 0.6) is 0 Å². The van der Waals surface area contributed by atoms with E-state index in [9.17, 15) is 8.42 Å². The van der Waals surface area contributed by atoms with Gasteiger partial charge in [-0.1, -0.05) is 13.8 Å². The molecule has 0 amide bonds. The van der Waals surface area contributed by atoms with Crippen molar-refractivity contribution >= 4 is 21.9 Å². The van der Waals surface area contributed by atoms with Gasteiger partial charge in [0.1, 0.15) is 5.82 Å². The highest BCUT2D eigenvalue weighted by atomic mass is 32.2. The molecule has 136 valence electrons. The predicted octanol–water partition coefficient (Wildman–Crippen LogP) is 0.968. The van der Waals surface area contributed by atoms with Crippen LogP contribution in [0.3, 0.4) is 0 Å². The highest BCUT2D eigenvalue weighted by molar-refractivity contribution is 7.90. The van der Waals surface area contributed by atoms with E-state index < -0.39 is 15.3 Å². The van der Waals surface area contributed by atoms with Crippen molar-refractivity contribution in [2.45, 2.75) is 51.3 Å². The van der Waals surface area contributed by atoms with Crippen LogP contribution < -0.4 is 14.5 Å². The summed E-state index contributed by atoms with van der Waals surface area (Å²) in [5.41, 5.74) is 0. The summed E-state index contributed by atoms with van der Waals surface area (Å²) in [6.45, 7) is 8.74. The fourth-order valence-electron chi connectivity index (χ4n) is 2.56. The zero-order valence-electron chi connectivity index (χ0n) is 15.3. The molecule has 0 radical (unpaired) electrons. The van der Waals surface area contributed by atoms with Crippen molar-refractivity contribution in [3.05, 3.63) is 5.82 Å². The third-order valence-corrected chi connectivity index (χ3v) is 5.87. The molecule has 0 saturated carbocycles. The second kappa shape index (κ2) is 7.18. The van der Waals surface area contributed by atoms with Gasteiger partial charge in [0.25, 0.3) is 0 Å². The van der Waals surface area contributed by atoms with Crippen LogP contribution in [0.15, 0.2) is 0 Å². The third kappa shape index (κ3) is 4.32. The Morgan fingerprint density at radius 3 is 2.38 bits per heavy atom. The van der Waals surface area contributed by atoms with Crippen molar-refractivity contribution in [3.8, 4) is 0 Å². The van der Waals surface area contributed by atoms with Gasteiger partial charge in [-0.3, -0.25) is 0 Å². The van der Waals surface area contributed by atoms with E-state index in [1.807, 2.05) is 51.6 Å². The average Bonchev–Trinajstić information content (AvgIpc) is 2.96. The number of aromatic nitrogens is 3.